The van der Waals surface area contributed by atoms with Crippen molar-refractivity contribution >= 4 is 35.4 Å². The first-order chi connectivity index (χ1) is 55.7. The van der Waals surface area contributed by atoms with Crippen LogP contribution in [0.1, 0.15) is 41.5 Å². The summed E-state index contributed by atoms with van der Waals surface area (Å²) in [5.74, 6) is -5.31. The van der Waals surface area contributed by atoms with Crippen LogP contribution >= 0.6 is 0 Å². The Labute approximate surface area is 670 Å². The van der Waals surface area contributed by atoms with E-state index in [0.29, 0.717) is 0 Å². The number of rotatable bonds is 35. The zero-order valence-electron chi connectivity index (χ0n) is 64.2. The van der Waals surface area contributed by atoms with Crippen LogP contribution in [0.25, 0.3) is 0 Å². The summed E-state index contributed by atoms with van der Waals surface area (Å²) < 4.78 is 96.4. The molecule has 8 fully saturated rings. The highest BCUT2D eigenvalue weighted by molar-refractivity contribution is 5.75. The molecule has 8 saturated heterocycles. The Morgan fingerprint density at radius 3 is 0.949 bits per heavy atom. The van der Waals surface area contributed by atoms with Crippen molar-refractivity contribution in [2.75, 3.05) is 66.1 Å². The van der Waals surface area contributed by atoms with E-state index in [1.165, 1.54) is 0 Å². The fourth-order valence-electron chi connectivity index (χ4n) is 14.6. The van der Waals surface area contributed by atoms with Gasteiger partial charge in [0.15, 0.2) is 50.3 Å². The van der Waals surface area contributed by atoms with Crippen LogP contribution < -0.4 is 31.9 Å². The van der Waals surface area contributed by atoms with Gasteiger partial charge in [-0.3, -0.25) is 28.8 Å². The summed E-state index contributed by atoms with van der Waals surface area (Å²) >= 11 is 0. The monoisotopic (exact) mass is 1720 g/mol. The van der Waals surface area contributed by atoms with Crippen LogP contribution in [-0.4, -0.2) is 494 Å². The summed E-state index contributed by atoms with van der Waals surface area (Å²) in [6, 6.07) is -10.8. The number of hydrogen-bond donors (Lipinski definition) is 30. The zero-order valence-corrected chi connectivity index (χ0v) is 64.2. The van der Waals surface area contributed by atoms with E-state index in [4.69, 9.17) is 75.8 Å². The molecule has 8 aliphatic heterocycles. The highest BCUT2D eigenvalue weighted by Crippen LogP contribution is 2.39. The van der Waals surface area contributed by atoms with Crippen molar-refractivity contribution in [3.05, 3.63) is 0 Å². The van der Waals surface area contributed by atoms with Gasteiger partial charge in [0.2, 0.25) is 35.4 Å². The first-order valence-electron chi connectivity index (χ1n) is 37.5. The molecule has 44 atom stereocenters. The lowest BCUT2D eigenvalue weighted by Gasteiger charge is -2.51. The van der Waals surface area contributed by atoms with Gasteiger partial charge in [0, 0.05) is 41.5 Å². The topological polar surface area (TPSA) is 808 Å². The Morgan fingerprint density at radius 1 is 0.288 bits per heavy atom. The van der Waals surface area contributed by atoms with E-state index < -0.39 is 371 Å². The Balaban J connectivity index is 1.24. The first kappa shape index (κ1) is 98.7. The van der Waals surface area contributed by atoms with Gasteiger partial charge in [-0.15, -0.1) is 0 Å². The van der Waals surface area contributed by atoms with Gasteiger partial charge < -0.3 is 230 Å². The number of aliphatic hydroxyl groups is 24. The molecule has 0 aromatic heterocycles. The van der Waals surface area contributed by atoms with Crippen LogP contribution in [0, 0.1) is 0 Å². The lowest BCUT2D eigenvalue weighted by molar-refractivity contribution is -0.397. The minimum atomic E-state index is -2.67. The van der Waals surface area contributed by atoms with E-state index in [1.54, 1.807) is 0 Å². The summed E-state index contributed by atoms with van der Waals surface area (Å²) in [6.45, 7) is -5.17. The SMILES string of the molecule is CC(=O)N[C@H]1[C@H](O[C@@H]([C@H](O)[C@H](CO)NC(C)=O)[C@H](O)CO)O[C@H](CO)[C@@H](O[C@@H]2O[C@H](CO[C@H]3O[C@H](CO[C@@H]4O[C@H](CO)[C@@H](O)[C@H](O)[C@H]4NC(C)=O)[C@@H](O)[C@H](O)[C@@H]3O[C@@H]3O[C@H](CO)[C@@H](O)[C@H](O)[C@H]3NC(C)=O)[C@@H](O)[C@H](O[C@H]3O[C@H](CO[C@@H]4O[C@H](CO)[C@@H](O)[C@H](O)[C@H]4NC(C)=O)[C@@H](O)[C@H](O)[C@@H]3O[C@@H]3O[C@H](CO)[C@@H](O)[C@H](O)[C@H]3NC(C)=O)[C@@H]2O)[C@@H]1O. The number of nitrogens with one attached hydrogen (secondary N) is 6. The molecule has 0 unspecified atom stereocenters. The number of aliphatic hydroxyl groups excluding tert-OH is 24. The molecule has 8 aliphatic rings. The number of hydrogen-bond acceptors (Lipinski definition) is 46. The Kier molecular flexibility index (Phi) is 37.0. The largest absolute Gasteiger partial charge is 0.394 e. The van der Waals surface area contributed by atoms with E-state index in [2.05, 4.69) is 31.9 Å². The van der Waals surface area contributed by atoms with Gasteiger partial charge in [-0.05, 0) is 0 Å². The third kappa shape index (κ3) is 23.4. The van der Waals surface area contributed by atoms with Crippen LogP contribution in [-0.2, 0) is 105 Å². The first-order valence-corrected chi connectivity index (χ1v) is 37.5. The Bertz CT molecular complexity index is 3170. The van der Waals surface area contributed by atoms with E-state index >= 15 is 0 Å². The molecule has 682 valence electrons. The maximum Gasteiger partial charge on any atom is 0.217 e. The number of amides is 6. The molecule has 0 radical (unpaired) electrons. The van der Waals surface area contributed by atoms with E-state index in [0.717, 1.165) is 41.5 Å². The van der Waals surface area contributed by atoms with Gasteiger partial charge in [-0.2, -0.15) is 0 Å². The summed E-state index contributed by atoms with van der Waals surface area (Å²) in [5.41, 5.74) is 0. The molecule has 0 spiro atoms. The van der Waals surface area contributed by atoms with E-state index in [9.17, 15) is 151 Å². The van der Waals surface area contributed by atoms with Gasteiger partial charge in [0.1, 0.15) is 213 Å². The molecular weight excluding hydrogens is 1610 g/mol. The fraction of sp³-hybridized carbons (Fsp3) is 0.909. The molecule has 30 N–H and O–H groups in total. The smallest absolute Gasteiger partial charge is 0.217 e. The summed E-state index contributed by atoms with van der Waals surface area (Å²) in [4.78, 5) is 75.5. The lowest BCUT2D eigenvalue weighted by Crippen LogP contribution is -2.70. The van der Waals surface area contributed by atoms with Gasteiger partial charge >= 0.3 is 0 Å². The van der Waals surface area contributed by atoms with Crippen LogP contribution in [0.4, 0.5) is 0 Å². The minimum absolute atomic E-state index is 0.815. The molecule has 0 bridgehead atoms. The molecule has 52 heteroatoms. The second-order valence-corrected chi connectivity index (χ2v) is 29.5. The molecule has 0 aliphatic carbocycles. The van der Waals surface area contributed by atoms with Crippen molar-refractivity contribution in [2.24, 2.45) is 0 Å². The van der Waals surface area contributed by atoms with E-state index in [-0.39, 0.29) is 0 Å². The Hall–Kier alpha value is -4.78. The third-order valence-electron chi connectivity index (χ3n) is 20.8. The van der Waals surface area contributed by atoms with Crippen LogP contribution in [0.3, 0.4) is 0 Å². The molecule has 8 heterocycles. The van der Waals surface area contributed by atoms with Gasteiger partial charge in [-0.1, -0.05) is 0 Å². The lowest BCUT2D eigenvalue weighted by atomic mass is 9.94. The van der Waals surface area contributed by atoms with Crippen LogP contribution in [0.2, 0.25) is 0 Å². The Morgan fingerprint density at radius 2 is 0.585 bits per heavy atom. The molecular formula is C66H112N6O46. The van der Waals surface area contributed by atoms with Crippen molar-refractivity contribution in [1.29, 1.82) is 0 Å². The highest BCUT2D eigenvalue weighted by atomic mass is 16.8. The van der Waals surface area contributed by atoms with Crippen molar-refractivity contribution < 1.29 is 227 Å². The van der Waals surface area contributed by atoms with Crippen LogP contribution in [0.5, 0.6) is 0 Å². The summed E-state index contributed by atoms with van der Waals surface area (Å²) in [5, 5.41) is 283. The predicted molar refractivity (Wildman–Crippen MR) is 369 cm³/mol. The molecule has 52 nitrogen and oxygen atoms in total. The summed E-state index contributed by atoms with van der Waals surface area (Å²) in [6.07, 6.45) is -81.4. The number of ether oxygens (including phenoxy) is 16. The van der Waals surface area contributed by atoms with Crippen molar-refractivity contribution in [3.8, 4) is 0 Å². The average Bonchev–Trinajstić information content (AvgIpc) is 0.766. The van der Waals surface area contributed by atoms with Crippen LogP contribution in [0.15, 0.2) is 0 Å². The maximum absolute atomic E-state index is 13.1. The quantitative estimate of drug-likeness (QED) is 0.0280. The highest BCUT2D eigenvalue weighted by Gasteiger charge is 2.60. The molecule has 0 saturated carbocycles. The predicted octanol–water partition coefficient (Wildman–Crippen LogP) is -20.1. The second kappa shape index (κ2) is 44.2. The maximum atomic E-state index is 13.1. The summed E-state index contributed by atoms with van der Waals surface area (Å²) in [7, 11) is 0. The number of carbonyl (C=O) groups excluding carboxylic acids is 6. The molecule has 118 heavy (non-hydrogen) atoms. The van der Waals surface area contributed by atoms with E-state index in [1.807, 2.05) is 0 Å². The molecule has 0 aromatic rings. The van der Waals surface area contributed by atoms with Crippen molar-refractivity contribution in [1.82, 2.24) is 31.9 Å². The van der Waals surface area contributed by atoms with Gasteiger partial charge in [0.05, 0.1) is 72.1 Å². The minimum Gasteiger partial charge on any atom is -0.394 e. The van der Waals surface area contributed by atoms with Gasteiger partial charge in [-0.25, -0.2) is 0 Å². The third-order valence-corrected chi connectivity index (χ3v) is 20.8. The fourth-order valence-corrected chi connectivity index (χ4v) is 14.6. The molecule has 8 rings (SSSR count). The number of carbonyl (C=O) groups is 6. The standard InChI is InChI=1S/C66H112N6O46/c1-17(80)67-23(7-73)38(87)54(24(86)8-74)114-63-37(72-22(6)85)50(99)55(29(13-79)110-63)115-64-53(102)56(116-66-58(118-62-36(71-21(5)84)49(98)42(91)28(12-78)109-62)52(101)44(93)31(113-66)15-104-60-34(69-19(3)82)47(96)40(89)26(10-76)107-60)45(94)32(111-64)16-105-65-57(117-61-35(70-20(4)83)48(97)41(90)27(11-77)108-61)51(100)43(92)30(112-65)14-103-59-33(68-18(2)81)46(95)39(88)25(9-75)106-59/h23-66,73-79,86-102H,7-16H2,1-6H3,(H,67,80)(H,68,81)(H,69,82)(H,70,83)(H,71,84)(H,72,85)/t23-,24+,25+,26+,27+,28+,29+,30+,31+,32+,33+,34+,35+,36+,37+,38+,39+,40+,41+,42+,43+,44+,45+,46+,47+,48+,49+,50+,51-,52-,53-,54+,55+,56-,57-,58-,59+,60+,61-,62-,63-,64-,65-,66+/m0/s1. The zero-order chi connectivity index (χ0) is 87.5. The average molecular weight is 1730 g/mol. The van der Waals surface area contributed by atoms with Gasteiger partial charge in [0.25, 0.3) is 0 Å². The van der Waals surface area contributed by atoms with Crippen molar-refractivity contribution in [3.63, 3.8) is 0 Å². The molecule has 0 aromatic carbocycles. The second-order valence-electron chi connectivity index (χ2n) is 29.5. The van der Waals surface area contributed by atoms with Crippen molar-refractivity contribution in [2.45, 2.75) is 311 Å². The molecule has 6 amide bonds. The normalized spacial score (nSPS) is 44.1.